The molecule has 0 saturated heterocycles. The highest BCUT2D eigenvalue weighted by Gasteiger charge is 2.20. The zero-order chi connectivity index (χ0) is 13.1. The predicted octanol–water partition coefficient (Wildman–Crippen LogP) is 2.12. The van der Waals surface area contributed by atoms with Gasteiger partial charge in [-0.15, -0.1) is 10.2 Å². The number of nitrogens with one attached hydrogen (secondary N) is 1. The van der Waals surface area contributed by atoms with Gasteiger partial charge >= 0.3 is 0 Å². The molecule has 1 N–H and O–H groups in total. The van der Waals surface area contributed by atoms with Crippen molar-refractivity contribution in [2.24, 2.45) is 0 Å². The Bertz CT molecular complexity index is 532. The van der Waals surface area contributed by atoms with Crippen molar-refractivity contribution >= 4 is 0 Å². The van der Waals surface area contributed by atoms with Crippen molar-refractivity contribution in [1.82, 2.24) is 20.1 Å². The number of aryl methyl sites for hydroxylation is 1. The summed E-state index contributed by atoms with van der Waals surface area (Å²) in [7, 11) is 0. The highest BCUT2D eigenvalue weighted by atomic mass is 15.3. The zero-order valence-corrected chi connectivity index (χ0v) is 11.3. The van der Waals surface area contributed by atoms with E-state index in [2.05, 4.69) is 57.3 Å². The topological polar surface area (TPSA) is 42.7 Å². The molecule has 1 aliphatic rings. The van der Waals surface area contributed by atoms with E-state index in [0.29, 0.717) is 0 Å². The molecule has 0 bridgehead atoms. The van der Waals surface area contributed by atoms with Gasteiger partial charge in [0, 0.05) is 13.0 Å². The average molecular weight is 256 g/mol. The lowest BCUT2D eigenvalue weighted by Crippen LogP contribution is -2.24. The fourth-order valence-corrected chi connectivity index (χ4v) is 2.66. The Labute approximate surface area is 113 Å². The Morgan fingerprint density at radius 3 is 2.95 bits per heavy atom. The molecular weight excluding hydrogens is 236 g/mol. The molecule has 1 atom stereocenters. The van der Waals surface area contributed by atoms with Crippen molar-refractivity contribution in [3.05, 3.63) is 47.5 Å². The minimum Gasteiger partial charge on any atom is -0.314 e. The molecule has 0 amide bonds. The highest BCUT2D eigenvalue weighted by Crippen LogP contribution is 2.18. The standard InChI is InChI=1S/C15H20N4/c1-12(15-18-17-14-8-5-11-19(14)15)16-10-9-13-6-3-2-4-7-13/h2-4,6-7,12,16H,5,8-11H2,1H3. The maximum atomic E-state index is 4.31. The van der Waals surface area contributed by atoms with Crippen LogP contribution in [0.15, 0.2) is 30.3 Å². The van der Waals surface area contributed by atoms with Crippen LogP contribution in [-0.2, 0) is 19.4 Å². The molecule has 1 aliphatic heterocycles. The van der Waals surface area contributed by atoms with Crippen molar-refractivity contribution in [1.29, 1.82) is 0 Å². The van der Waals surface area contributed by atoms with Crippen LogP contribution in [0.2, 0.25) is 0 Å². The van der Waals surface area contributed by atoms with Crippen LogP contribution in [0.4, 0.5) is 0 Å². The molecule has 2 heterocycles. The van der Waals surface area contributed by atoms with Crippen LogP contribution in [-0.4, -0.2) is 21.3 Å². The Hall–Kier alpha value is -1.68. The van der Waals surface area contributed by atoms with Crippen LogP contribution in [0.1, 0.15) is 36.6 Å². The maximum absolute atomic E-state index is 4.31. The molecule has 1 unspecified atom stereocenters. The summed E-state index contributed by atoms with van der Waals surface area (Å²) in [5.74, 6) is 2.23. The van der Waals surface area contributed by atoms with Gasteiger partial charge in [0.2, 0.25) is 0 Å². The first-order valence-electron chi connectivity index (χ1n) is 7.04. The number of nitrogens with zero attached hydrogens (tertiary/aromatic N) is 3. The fourth-order valence-electron chi connectivity index (χ4n) is 2.66. The summed E-state index contributed by atoms with van der Waals surface area (Å²) in [5.41, 5.74) is 1.37. The lowest BCUT2D eigenvalue weighted by atomic mass is 10.1. The van der Waals surface area contributed by atoms with Gasteiger partial charge in [-0.3, -0.25) is 0 Å². The molecule has 3 rings (SSSR count). The minimum absolute atomic E-state index is 0.267. The molecular formula is C15H20N4. The average Bonchev–Trinajstić information content (AvgIpc) is 3.02. The first kappa shape index (κ1) is 12.4. The molecule has 4 nitrogen and oxygen atoms in total. The molecule has 1 aromatic heterocycles. The van der Waals surface area contributed by atoms with Crippen molar-refractivity contribution in [3.8, 4) is 0 Å². The van der Waals surface area contributed by atoms with E-state index in [1.54, 1.807) is 0 Å². The van der Waals surface area contributed by atoms with Crippen molar-refractivity contribution < 1.29 is 0 Å². The normalized spacial score (nSPS) is 15.4. The second kappa shape index (κ2) is 5.53. The van der Waals surface area contributed by atoms with Gasteiger partial charge in [0.15, 0.2) is 0 Å². The van der Waals surface area contributed by atoms with Gasteiger partial charge in [-0.05, 0) is 31.9 Å². The second-order valence-electron chi connectivity index (χ2n) is 5.14. The van der Waals surface area contributed by atoms with E-state index in [-0.39, 0.29) is 6.04 Å². The van der Waals surface area contributed by atoms with E-state index in [9.17, 15) is 0 Å². The van der Waals surface area contributed by atoms with Crippen molar-refractivity contribution in [3.63, 3.8) is 0 Å². The van der Waals surface area contributed by atoms with Gasteiger partial charge < -0.3 is 9.88 Å². The Morgan fingerprint density at radius 2 is 2.11 bits per heavy atom. The second-order valence-corrected chi connectivity index (χ2v) is 5.14. The maximum Gasteiger partial charge on any atom is 0.149 e. The lowest BCUT2D eigenvalue weighted by Gasteiger charge is -2.13. The van der Waals surface area contributed by atoms with E-state index < -0.39 is 0 Å². The third-order valence-corrected chi connectivity index (χ3v) is 3.73. The molecule has 0 fully saturated rings. The number of hydrogen-bond acceptors (Lipinski definition) is 3. The molecule has 0 aliphatic carbocycles. The lowest BCUT2D eigenvalue weighted by molar-refractivity contribution is 0.519. The van der Waals surface area contributed by atoms with Gasteiger partial charge in [0.1, 0.15) is 11.6 Å². The fraction of sp³-hybridized carbons (Fsp3) is 0.467. The SMILES string of the molecule is CC(NCCc1ccccc1)c1nnc2n1CCC2. The number of fused-ring (bicyclic) bond motifs is 1. The quantitative estimate of drug-likeness (QED) is 0.891. The summed E-state index contributed by atoms with van der Waals surface area (Å²) in [6.07, 6.45) is 3.32. The third-order valence-electron chi connectivity index (χ3n) is 3.73. The Morgan fingerprint density at radius 1 is 1.26 bits per heavy atom. The van der Waals surface area contributed by atoms with E-state index in [1.165, 1.54) is 12.0 Å². The van der Waals surface area contributed by atoms with E-state index in [4.69, 9.17) is 0 Å². The molecule has 2 aromatic rings. The van der Waals surface area contributed by atoms with Gasteiger partial charge in [-0.1, -0.05) is 30.3 Å². The molecule has 1 aromatic carbocycles. The molecule has 19 heavy (non-hydrogen) atoms. The van der Waals surface area contributed by atoms with Gasteiger partial charge in [-0.25, -0.2) is 0 Å². The van der Waals surface area contributed by atoms with E-state index >= 15 is 0 Å². The number of aromatic nitrogens is 3. The third kappa shape index (κ3) is 2.68. The van der Waals surface area contributed by atoms with Gasteiger partial charge in [-0.2, -0.15) is 0 Å². The Balaban J connectivity index is 1.55. The van der Waals surface area contributed by atoms with Crippen molar-refractivity contribution in [2.45, 2.75) is 38.8 Å². The zero-order valence-electron chi connectivity index (χ0n) is 11.3. The minimum atomic E-state index is 0.267. The predicted molar refractivity (Wildman–Crippen MR) is 74.9 cm³/mol. The van der Waals surface area contributed by atoms with E-state index in [1.807, 2.05) is 0 Å². The molecule has 0 radical (unpaired) electrons. The summed E-state index contributed by atoms with van der Waals surface area (Å²) in [5, 5.41) is 12.1. The molecule has 100 valence electrons. The number of rotatable bonds is 5. The van der Waals surface area contributed by atoms with Gasteiger partial charge in [0.05, 0.1) is 6.04 Å². The summed E-state index contributed by atoms with van der Waals surface area (Å²) >= 11 is 0. The van der Waals surface area contributed by atoms with Crippen LogP contribution in [0.3, 0.4) is 0 Å². The number of benzene rings is 1. The van der Waals surface area contributed by atoms with Crippen LogP contribution in [0.5, 0.6) is 0 Å². The molecule has 4 heteroatoms. The summed E-state index contributed by atoms with van der Waals surface area (Å²) in [6, 6.07) is 10.8. The highest BCUT2D eigenvalue weighted by molar-refractivity contribution is 5.15. The van der Waals surface area contributed by atoms with Crippen LogP contribution in [0.25, 0.3) is 0 Å². The van der Waals surface area contributed by atoms with Crippen LogP contribution < -0.4 is 5.32 Å². The summed E-state index contributed by atoms with van der Waals surface area (Å²) < 4.78 is 2.26. The largest absolute Gasteiger partial charge is 0.314 e. The van der Waals surface area contributed by atoms with Crippen LogP contribution in [0, 0.1) is 0 Å². The van der Waals surface area contributed by atoms with Crippen molar-refractivity contribution in [2.75, 3.05) is 6.54 Å². The summed E-state index contributed by atoms with van der Waals surface area (Å²) in [6.45, 7) is 4.20. The molecule has 0 saturated carbocycles. The first-order chi connectivity index (χ1) is 9.34. The molecule has 0 spiro atoms. The monoisotopic (exact) mass is 256 g/mol. The summed E-state index contributed by atoms with van der Waals surface area (Å²) in [4.78, 5) is 0. The smallest absolute Gasteiger partial charge is 0.149 e. The van der Waals surface area contributed by atoms with E-state index in [0.717, 1.165) is 37.6 Å². The van der Waals surface area contributed by atoms with Gasteiger partial charge in [0.25, 0.3) is 0 Å². The Kier molecular flexibility index (Phi) is 3.60. The first-order valence-corrected chi connectivity index (χ1v) is 7.04. The number of hydrogen-bond donors (Lipinski definition) is 1. The van der Waals surface area contributed by atoms with Crippen LogP contribution >= 0.6 is 0 Å².